The molecule has 0 saturated carbocycles. The third-order valence-electron chi connectivity index (χ3n) is 3.24. The summed E-state index contributed by atoms with van der Waals surface area (Å²) >= 11 is 6.11. The van der Waals surface area contributed by atoms with Crippen molar-refractivity contribution in [3.05, 3.63) is 47.3 Å². The average molecular weight is 278 g/mol. The van der Waals surface area contributed by atoms with Gasteiger partial charge in [0.25, 0.3) is 0 Å². The summed E-state index contributed by atoms with van der Waals surface area (Å²) in [5.41, 5.74) is 7.98. The number of urea groups is 1. The maximum Gasteiger partial charge on any atom is 0.318 e. The van der Waals surface area contributed by atoms with Gasteiger partial charge in [0.2, 0.25) is 0 Å². The molecule has 1 aromatic carbocycles. The van der Waals surface area contributed by atoms with Crippen LogP contribution in [0.4, 0.5) is 4.79 Å². The third kappa shape index (κ3) is 2.74. The zero-order chi connectivity index (χ0) is 14.0. The van der Waals surface area contributed by atoms with Gasteiger partial charge in [0.1, 0.15) is 0 Å². The SMILES string of the molecule is C=C(CCc1c[nH]c2c(Cl)cccc12)N(C)C(N)=O. The standard InChI is InChI=1S/C14H16ClN3O/c1-9(18(2)14(16)19)6-7-10-8-17-13-11(10)4-3-5-12(13)15/h3-5,8,17H,1,6-7H2,2H3,(H2,16,19). The largest absolute Gasteiger partial charge is 0.360 e. The summed E-state index contributed by atoms with van der Waals surface area (Å²) in [6, 6.07) is 5.30. The fourth-order valence-electron chi connectivity index (χ4n) is 1.98. The maximum atomic E-state index is 11.0. The number of allylic oxidation sites excluding steroid dienone is 1. The summed E-state index contributed by atoms with van der Waals surface area (Å²) in [7, 11) is 1.62. The minimum absolute atomic E-state index is 0.494. The van der Waals surface area contributed by atoms with Crippen LogP contribution in [0.2, 0.25) is 5.02 Å². The van der Waals surface area contributed by atoms with Gasteiger partial charge in [0.05, 0.1) is 10.5 Å². The maximum absolute atomic E-state index is 11.0. The number of primary amides is 1. The van der Waals surface area contributed by atoms with Crippen LogP contribution in [0.5, 0.6) is 0 Å². The van der Waals surface area contributed by atoms with E-state index in [1.54, 1.807) is 7.05 Å². The minimum Gasteiger partial charge on any atom is -0.360 e. The molecule has 0 spiro atoms. The zero-order valence-corrected chi connectivity index (χ0v) is 11.5. The first kappa shape index (κ1) is 13.5. The van der Waals surface area contributed by atoms with Crippen molar-refractivity contribution in [2.45, 2.75) is 12.8 Å². The van der Waals surface area contributed by atoms with Crippen LogP contribution in [0.1, 0.15) is 12.0 Å². The molecule has 1 heterocycles. The van der Waals surface area contributed by atoms with Crippen LogP contribution < -0.4 is 5.73 Å². The summed E-state index contributed by atoms with van der Waals surface area (Å²) in [5, 5.41) is 1.80. The molecule has 0 bridgehead atoms. The lowest BCUT2D eigenvalue weighted by Crippen LogP contribution is -2.31. The van der Waals surface area contributed by atoms with Crippen LogP contribution in [0.25, 0.3) is 10.9 Å². The van der Waals surface area contributed by atoms with E-state index in [1.165, 1.54) is 4.90 Å². The predicted octanol–water partition coefficient (Wildman–Crippen LogP) is 3.28. The van der Waals surface area contributed by atoms with Crippen LogP contribution in [0, 0.1) is 0 Å². The summed E-state index contributed by atoms with van der Waals surface area (Å²) in [6.45, 7) is 3.86. The van der Waals surface area contributed by atoms with Gasteiger partial charge in [-0.05, 0) is 24.5 Å². The number of amides is 2. The Hall–Kier alpha value is -1.94. The molecular formula is C14H16ClN3O. The number of para-hydroxylation sites is 1. The molecule has 0 saturated heterocycles. The lowest BCUT2D eigenvalue weighted by molar-refractivity contribution is 0.227. The number of halogens is 1. The van der Waals surface area contributed by atoms with Crippen molar-refractivity contribution in [1.29, 1.82) is 0 Å². The Balaban J connectivity index is 2.13. The first-order chi connectivity index (χ1) is 9.00. The van der Waals surface area contributed by atoms with Gasteiger partial charge in [-0.15, -0.1) is 0 Å². The number of nitrogens with zero attached hydrogens (tertiary/aromatic N) is 1. The molecular weight excluding hydrogens is 262 g/mol. The van der Waals surface area contributed by atoms with E-state index in [1.807, 2.05) is 24.4 Å². The van der Waals surface area contributed by atoms with Crippen molar-refractivity contribution >= 4 is 28.5 Å². The minimum atomic E-state index is -0.494. The lowest BCUT2D eigenvalue weighted by Gasteiger charge is -2.16. The Morgan fingerprint density at radius 1 is 1.53 bits per heavy atom. The number of rotatable bonds is 4. The Morgan fingerprint density at radius 2 is 2.26 bits per heavy atom. The highest BCUT2D eigenvalue weighted by atomic mass is 35.5. The van der Waals surface area contributed by atoms with E-state index in [4.69, 9.17) is 17.3 Å². The number of nitrogens with two attached hydrogens (primary N) is 1. The van der Waals surface area contributed by atoms with Crippen LogP contribution in [-0.4, -0.2) is 23.0 Å². The number of aromatic amines is 1. The van der Waals surface area contributed by atoms with Crippen molar-refractivity contribution in [3.63, 3.8) is 0 Å². The zero-order valence-electron chi connectivity index (χ0n) is 10.7. The van der Waals surface area contributed by atoms with Gasteiger partial charge in [0, 0.05) is 24.3 Å². The molecule has 2 rings (SSSR count). The van der Waals surface area contributed by atoms with Crippen LogP contribution in [0.15, 0.2) is 36.7 Å². The fraction of sp³-hybridized carbons (Fsp3) is 0.214. The number of aromatic nitrogens is 1. The highest BCUT2D eigenvalue weighted by molar-refractivity contribution is 6.35. The third-order valence-corrected chi connectivity index (χ3v) is 3.55. The molecule has 2 amide bonds. The highest BCUT2D eigenvalue weighted by Crippen LogP contribution is 2.26. The molecule has 2 aromatic rings. The molecule has 4 nitrogen and oxygen atoms in total. The Bertz CT molecular complexity index is 633. The average Bonchev–Trinajstić information content (AvgIpc) is 2.79. The van der Waals surface area contributed by atoms with E-state index in [0.29, 0.717) is 17.1 Å². The van der Waals surface area contributed by atoms with Crippen LogP contribution in [0.3, 0.4) is 0 Å². The topological polar surface area (TPSA) is 62.1 Å². The molecule has 0 aliphatic heterocycles. The van der Waals surface area contributed by atoms with E-state index in [-0.39, 0.29) is 0 Å². The second-order valence-corrected chi connectivity index (χ2v) is 4.85. The van der Waals surface area contributed by atoms with Crippen molar-refractivity contribution in [2.24, 2.45) is 5.73 Å². The molecule has 0 radical (unpaired) electrons. The fourth-order valence-corrected chi connectivity index (χ4v) is 2.21. The van der Waals surface area contributed by atoms with E-state index in [0.717, 1.165) is 22.9 Å². The number of hydrogen-bond donors (Lipinski definition) is 2. The van der Waals surface area contributed by atoms with E-state index >= 15 is 0 Å². The summed E-state index contributed by atoms with van der Waals surface area (Å²) in [6.07, 6.45) is 3.38. The summed E-state index contributed by atoms with van der Waals surface area (Å²) in [5.74, 6) is 0. The number of carbonyl (C=O) groups is 1. The number of hydrogen-bond acceptors (Lipinski definition) is 1. The molecule has 0 atom stereocenters. The van der Waals surface area contributed by atoms with Crippen molar-refractivity contribution in [2.75, 3.05) is 7.05 Å². The van der Waals surface area contributed by atoms with E-state index in [9.17, 15) is 4.79 Å². The van der Waals surface area contributed by atoms with Gasteiger partial charge in [-0.1, -0.05) is 30.3 Å². The molecule has 0 fully saturated rings. The number of benzene rings is 1. The Morgan fingerprint density at radius 3 is 2.95 bits per heavy atom. The number of carbonyl (C=O) groups excluding carboxylic acids is 1. The van der Waals surface area contributed by atoms with Crippen LogP contribution in [-0.2, 0) is 6.42 Å². The first-order valence-electron chi connectivity index (χ1n) is 5.96. The first-order valence-corrected chi connectivity index (χ1v) is 6.34. The summed E-state index contributed by atoms with van der Waals surface area (Å²) in [4.78, 5) is 15.6. The molecule has 0 unspecified atom stereocenters. The van der Waals surface area contributed by atoms with E-state index < -0.39 is 6.03 Å². The van der Waals surface area contributed by atoms with Gasteiger partial charge in [-0.3, -0.25) is 0 Å². The van der Waals surface area contributed by atoms with Gasteiger partial charge in [-0.2, -0.15) is 0 Å². The van der Waals surface area contributed by atoms with Gasteiger partial charge >= 0.3 is 6.03 Å². The van der Waals surface area contributed by atoms with Crippen LogP contribution >= 0.6 is 11.6 Å². The summed E-state index contributed by atoms with van der Waals surface area (Å²) < 4.78 is 0. The molecule has 100 valence electrons. The quantitative estimate of drug-likeness (QED) is 0.885. The van der Waals surface area contributed by atoms with Gasteiger partial charge in [-0.25, -0.2) is 4.79 Å². The smallest absolute Gasteiger partial charge is 0.318 e. The Labute approximate surface area is 116 Å². The van der Waals surface area contributed by atoms with Crippen molar-refractivity contribution in [3.8, 4) is 0 Å². The normalized spacial score (nSPS) is 10.6. The predicted molar refractivity (Wildman–Crippen MR) is 78.1 cm³/mol. The van der Waals surface area contributed by atoms with Gasteiger partial charge < -0.3 is 15.6 Å². The molecule has 0 aliphatic carbocycles. The number of aryl methyl sites for hydroxylation is 1. The molecule has 5 heteroatoms. The monoisotopic (exact) mass is 277 g/mol. The molecule has 0 aliphatic rings. The van der Waals surface area contributed by atoms with Crippen molar-refractivity contribution < 1.29 is 4.79 Å². The number of nitrogens with one attached hydrogen (secondary N) is 1. The van der Waals surface area contributed by atoms with Gasteiger partial charge in [0.15, 0.2) is 0 Å². The number of H-pyrrole nitrogens is 1. The Kier molecular flexibility index (Phi) is 3.81. The highest BCUT2D eigenvalue weighted by Gasteiger charge is 2.10. The molecule has 3 N–H and O–H groups in total. The van der Waals surface area contributed by atoms with Crippen molar-refractivity contribution in [1.82, 2.24) is 9.88 Å². The lowest BCUT2D eigenvalue weighted by atomic mass is 10.1. The van der Waals surface area contributed by atoms with E-state index in [2.05, 4.69) is 11.6 Å². The number of fused-ring (bicyclic) bond motifs is 1. The molecule has 1 aromatic heterocycles. The second-order valence-electron chi connectivity index (χ2n) is 4.44. The second kappa shape index (κ2) is 5.36. The molecule has 19 heavy (non-hydrogen) atoms.